The van der Waals surface area contributed by atoms with Gasteiger partial charge in [0, 0.05) is 67.5 Å². The lowest BCUT2D eigenvalue weighted by Gasteiger charge is -2.40. The molecule has 2 saturated heterocycles. The number of urea groups is 1. The molecule has 0 aliphatic carbocycles. The molecule has 3 N–H and O–H groups in total. The molecular formula is C27H35Cl2N5O2. The zero-order chi connectivity index (χ0) is 25.8. The van der Waals surface area contributed by atoms with Gasteiger partial charge in [-0.3, -0.25) is 4.79 Å². The molecule has 7 nitrogen and oxygen atoms in total. The zero-order valence-electron chi connectivity index (χ0n) is 20.9. The molecule has 2 aliphatic heterocycles. The van der Waals surface area contributed by atoms with Gasteiger partial charge in [-0.2, -0.15) is 0 Å². The first-order valence-electron chi connectivity index (χ1n) is 12.6. The highest BCUT2D eigenvalue weighted by atomic mass is 35.5. The van der Waals surface area contributed by atoms with E-state index in [1.54, 1.807) is 17.0 Å². The van der Waals surface area contributed by atoms with E-state index in [9.17, 15) is 9.59 Å². The van der Waals surface area contributed by atoms with Crippen molar-refractivity contribution in [3.05, 3.63) is 63.6 Å². The minimum absolute atomic E-state index is 0.0250. The summed E-state index contributed by atoms with van der Waals surface area (Å²) in [7, 11) is 0. The predicted octanol–water partition coefficient (Wildman–Crippen LogP) is 4.32. The number of piperazine rings is 1. The Kier molecular flexibility index (Phi) is 8.65. The quantitative estimate of drug-likeness (QED) is 0.531. The van der Waals surface area contributed by atoms with E-state index >= 15 is 0 Å². The van der Waals surface area contributed by atoms with Gasteiger partial charge in [0.05, 0.1) is 0 Å². The fraction of sp³-hybridized carbons (Fsp3) is 0.481. The lowest BCUT2D eigenvalue weighted by Crippen LogP contribution is -2.56. The predicted molar refractivity (Wildman–Crippen MR) is 146 cm³/mol. The third kappa shape index (κ3) is 6.07. The molecule has 2 heterocycles. The number of hydrogen-bond acceptors (Lipinski definition) is 4. The van der Waals surface area contributed by atoms with E-state index in [1.807, 2.05) is 23.1 Å². The SMILES string of the molecule is CC(C)C[C@@H](N)c1ccccc1N1CCN(C(=O)C(Cc2ccc(Cl)cc2Cl)N2CCNC2=O)CC1. The smallest absolute Gasteiger partial charge is 0.318 e. The Morgan fingerprint density at radius 2 is 1.78 bits per heavy atom. The Balaban J connectivity index is 1.48. The standard InChI is InChI=1S/C27H35Cl2N5O2/c1-18(2)15-23(30)21-5-3-4-6-24(21)32-11-13-33(14-12-32)26(35)25(34-10-9-31-27(34)36)16-19-7-8-20(28)17-22(19)29/h3-8,17-18,23,25H,9-16,30H2,1-2H3,(H,31,36)/t23-,25?/m1/s1. The average molecular weight is 533 g/mol. The van der Waals surface area contributed by atoms with Gasteiger partial charge < -0.3 is 25.8 Å². The third-order valence-electron chi connectivity index (χ3n) is 6.97. The topological polar surface area (TPSA) is 81.9 Å². The van der Waals surface area contributed by atoms with Crippen LogP contribution < -0.4 is 16.0 Å². The maximum Gasteiger partial charge on any atom is 0.318 e. The normalized spacial score (nSPS) is 17.9. The minimum Gasteiger partial charge on any atom is -0.368 e. The number of anilines is 1. The first-order valence-corrected chi connectivity index (χ1v) is 13.4. The van der Waals surface area contributed by atoms with Crippen molar-refractivity contribution < 1.29 is 9.59 Å². The molecule has 1 unspecified atom stereocenters. The van der Waals surface area contributed by atoms with Crippen LogP contribution in [0.4, 0.5) is 10.5 Å². The van der Waals surface area contributed by atoms with Crippen LogP contribution >= 0.6 is 23.2 Å². The van der Waals surface area contributed by atoms with E-state index in [-0.39, 0.29) is 18.0 Å². The maximum atomic E-state index is 13.7. The highest BCUT2D eigenvalue weighted by molar-refractivity contribution is 6.35. The van der Waals surface area contributed by atoms with Gasteiger partial charge in [0.2, 0.25) is 5.91 Å². The van der Waals surface area contributed by atoms with Crippen LogP contribution in [0.5, 0.6) is 0 Å². The van der Waals surface area contributed by atoms with Crippen molar-refractivity contribution >= 4 is 40.8 Å². The monoisotopic (exact) mass is 531 g/mol. The number of amides is 3. The molecular weight excluding hydrogens is 497 g/mol. The number of nitrogens with one attached hydrogen (secondary N) is 1. The summed E-state index contributed by atoms with van der Waals surface area (Å²) in [5.74, 6) is 0.457. The number of halogens is 2. The fourth-order valence-corrected chi connectivity index (χ4v) is 5.60. The lowest BCUT2D eigenvalue weighted by molar-refractivity contribution is -0.136. The summed E-state index contributed by atoms with van der Waals surface area (Å²) in [5, 5.41) is 3.85. The van der Waals surface area contributed by atoms with Gasteiger partial charge in [0.25, 0.3) is 0 Å². The summed E-state index contributed by atoms with van der Waals surface area (Å²) < 4.78 is 0. The number of rotatable bonds is 8. The average Bonchev–Trinajstić information content (AvgIpc) is 3.28. The van der Waals surface area contributed by atoms with Crippen molar-refractivity contribution in [3.63, 3.8) is 0 Å². The van der Waals surface area contributed by atoms with Gasteiger partial charge in [0.1, 0.15) is 6.04 Å². The molecule has 0 saturated carbocycles. The van der Waals surface area contributed by atoms with Crippen LogP contribution in [-0.4, -0.2) is 67.0 Å². The molecule has 9 heteroatoms. The Bertz CT molecular complexity index is 1090. The number of benzene rings is 2. The molecule has 0 aromatic heterocycles. The second kappa shape index (κ2) is 11.7. The van der Waals surface area contributed by atoms with Crippen LogP contribution in [0.25, 0.3) is 0 Å². The summed E-state index contributed by atoms with van der Waals surface area (Å²) in [6.45, 7) is 7.94. The Morgan fingerprint density at radius 3 is 2.42 bits per heavy atom. The number of nitrogens with zero attached hydrogens (tertiary/aromatic N) is 3. The summed E-state index contributed by atoms with van der Waals surface area (Å²) in [5.41, 5.74) is 9.63. The molecule has 36 heavy (non-hydrogen) atoms. The number of para-hydroxylation sites is 1. The molecule has 194 valence electrons. The number of nitrogens with two attached hydrogens (primary N) is 1. The molecule has 3 amide bonds. The van der Waals surface area contributed by atoms with Crippen molar-refractivity contribution in [1.82, 2.24) is 15.1 Å². The molecule has 2 aliphatic rings. The maximum absolute atomic E-state index is 13.7. The number of carbonyl (C=O) groups excluding carboxylic acids is 2. The van der Waals surface area contributed by atoms with Crippen LogP contribution in [0.1, 0.15) is 37.4 Å². The molecule has 2 aromatic carbocycles. The van der Waals surface area contributed by atoms with Gasteiger partial charge in [-0.25, -0.2) is 4.79 Å². The largest absolute Gasteiger partial charge is 0.368 e. The minimum atomic E-state index is -0.621. The first kappa shape index (κ1) is 26.6. The molecule has 0 radical (unpaired) electrons. The molecule has 4 rings (SSSR count). The van der Waals surface area contributed by atoms with Crippen LogP contribution in [0.3, 0.4) is 0 Å². The zero-order valence-corrected chi connectivity index (χ0v) is 22.4. The highest BCUT2D eigenvalue weighted by Gasteiger charge is 2.37. The summed E-state index contributed by atoms with van der Waals surface area (Å²) in [6.07, 6.45) is 1.26. The van der Waals surface area contributed by atoms with Gasteiger partial charge >= 0.3 is 6.03 Å². The van der Waals surface area contributed by atoms with Crippen molar-refractivity contribution in [3.8, 4) is 0 Å². The van der Waals surface area contributed by atoms with Gasteiger partial charge in [-0.15, -0.1) is 0 Å². The number of hydrogen-bond donors (Lipinski definition) is 2. The lowest BCUT2D eigenvalue weighted by atomic mass is 9.96. The molecule has 2 atom stereocenters. The Hall–Kier alpha value is -2.48. The van der Waals surface area contributed by atoms with Gasteiger partial charge in [0.15, 0.2) is 0 Å². The molecule has 0 spiro atoms. The van der Waals surface area contributed by atoms with Gasteiger partial charge in [-0.05, 0) is 41.7 Å². The van der Waals surface area contributed by atoms with Crippen LogP contribution in [-0.2, 0) is 11.2 Å². The summed E-state index contributed by atoms with van der Waals surface area (Å²) >= 11 is 12.5. The molecule has 2 fully saturated rings. The second-order valence-corrected chi connectivity index (χ2v) is 10.8. The van der Waals surface area contributed by atoms with E-state index in [1.165, 1.54) is 0 Å². The van der Waals surface area contributed by atoms with Crippen molar-refractivity contribution in [2.24, 2.45) is 11.7 Å². The van der Waals surface area contributed by atoms with E-state index in [0.29, 0.717) is 61.7 Å². The summed E-state index contributed by atoms with van der Waals surface area (Å²) in [4.78, 5) is 32.1. The van der Waals surface area contributed by atoms with E-state index in [0.717, 1.165) is 23.2 Å². The second-order valence-electron chi connectivity index (χ2n) is 9.99. The summed E-state index contributed by atoms with van der Waals surface area (Å²) in [6, 6.07) is 12.7. The molecule has 0 bridgehead atoms. The number of carbonyl (C=O) groups is 2. The van der Waals surface area contributed by atoms with Crippen molar-refractivity contribution in [2.75, 3.05) is 44.2 Å². The van der Waals surface area contributed by atoms with Gasteiger partial charge in [-0.1, -0.05) is 61.3 Å². The highest BCUT2D eigenvalue weighted by Crippen LogP contribution is 2.30. The van der Waals surface area contributed by atoms with E-state index in [2.05, 4.69) is 36.2 Å². The van der Waals surface area contributed by atoms with E-state index < -0.39 is 6.04 Å². The third-order valence-corrected chi connectivity index (χ3v) is 7.56. The van der Waals surface area contributed by atoms with Crippen molar-refractivity contribution in [1.29, 1.82) is 0 Å². The first-order chi connectivity index (χ1) is 17.2. The van der Waals surface area contributed by atoms with Crippen LogP contribution in [0.2, 0.25) is 10.0 Å². The van der Waals surface area contributed by atoms with E-state index in [4.69, 9.17) is 28.9 Å². The Labute approximate surface area is 223 Å². The van der Waals surface area contributed by atoms with Crippen LogP contribution in [0, 0.1) is 5.92 Å². The molecule has 2 aromatic rings. The Morgan fingerprint density at radius 1 is 1.06 bits per heavy atom. The fourth-order valence-electron chi connectivity index (χ4n) is 5.11. The van der Waals surface area contributed by atoms with Crippen molar-refractivity contribution in [2.45, 2.75) is 38.8 Å². The van der Waals surface area contributed by atoms with Crippen LogP contribution in [0.15, 0.2) is 42.5 Å².